The zero-order valence-corrected chi connectivity index (χ0v) is 14.8. The van der Waals surface area contributed by atoms with Crippen molar-refractivity contribution in [3.8, 4) is 0 Å². The summed E-state index contributed by atoms with van der Waals surface area (Å²) < 4.78 is 0. The fourth-order valence-corrected chi connectivity index (χ4v) is 5.60. The van der Waals surface area contributed by atoms with Crippen molar-refractivity contribution in [2.24, 2.45) is 23.7 Å². The van der Waals surface area contributed by atoms with E-state index in [-0.39, 0.29) is 5.69 Å². The van der Waals surface area contributed by atoms with Gasteiger partial charge in [-0.2, -0.15) is 0 Å². The van der Waals surface area contributed by atoms with Gasteiger partial charge in [-0.25, -0.2) is 0 Å². The smallest absolute Gasteiger partial charge is 0.271 e. The minimum absolute atomic E-state index is 0.000626. The average molecular weight is 366 g/mol. The van der Waals surface area contributed by atoms with Crippen molar-refractivity contribution in [3.05, 3.63) is 33.3 Å². The first-order valence-corrected chi connectivity index (χ1v) is 9.29. The summed E-state index contributed by atoms with van der Waals surface area (Å²) in [6, 6.07) is 4.76. The third-order valence-corrected chi connectivity index (χ3v) is 6.48. The number of hydrogen-bond acceptors (Lipinski definition) is 3. The second-order valence-electron chi connectivity index (χ2n) is 7.48. The number of anilines is 1. The topological polar surface area (TPSA) is 67.2 Å². The molecular weight excluding hydrogens is 346 g/mol. The summed E-state index contributed by atoms with van der Waals surface area (Å²) in [6.07, 6.45) is 6.66. The van der Waals surface area contributed by atoms with Crippen LogP contribution in [0.2, 0.25) is 5.02 Å². The molecule has 4 bridgehead atoms. The first kappa shape index (κ1) is 16.1. The van der Waals surface area contributed by atoms with Crippen molar-refractivity contribution >= 4 is 40.3 Å². The molecule has 0 atom stereocenters. The van der Waals surface area contributed by atoms with Crippen molar-refractivity contribution in [2.45, 2.75) is 38.1 Å². The Morgan fingerprint density at radius 3 is 2.38 bits per heavy atom. The van der Waals surface area contributed by atoms with Gasteiger partial charge in [-0.3, -0.25) is 10.1 Å². The minimum atomic E-state index is -0.435. The molecule has 0 radical (unpaired) electrons. The quantitative estimate of drug-likeness (QED) is 0.473. The molecule has 4 aliphatic carbocycles. The zero-order chi connectivity index (χ0) is 16.8. The maximum atomic E-state index is 10.9. The number of halogens is 1. The van der Waals surface area contributed by atoms with Crippen LogP contribution in [0.15, 0.2) is 18.2 Å². The van der Waals surface area contributed by atoms with Crippen LogP contribution in [0.3, 0.4) is 0 Å². The van der Waals surface area contributed by atoms with Gasteiger partial charge < -0.3 is 10.6 Å². The summed E-state index contributed by atoms with van der Waals surface area (Å²) in [4.78, 5) is 10.5. The normalized spacial score (nSPS) is 33.3. The third-order valence-electron chi connectivity index (χ3n) is 5.93. The van der Waals surface area contributed by atoms with Crippen LogP contribution in [0, 0.1) is 33.8 Å². The fraction of sp³-hybridized carbons (Fsp3) is 0.588. The predicted molar refractivity (Wildman–Crippen MR) is 98.3 cm³/mol. The lowest BCUT2D eigenvalue weighted by molar-refractivity contribution is -0.384. The molecule has 4 fully saturated rings. The Labute approximate surface area is 151 Å². The highest BCUT2D eigenvalue weighted by Gasteiger charge is 2.48. The summed E-state index contributed by atoms with van der Waals surface area (Å²) >= 11 is 11.6. The molecule has 0 spiro atoms. The Bertz CT molecular complexity index is 668. The van der Waals surface area contributed by atoms with E-state index in [9.17, 15) is 10.1 Å². The molecule has 5 rings (SSSR count). The molecule has 4 saturated carbocycles. The van der Waals surface area contributed by atoms with Crippen LogP contribution < -0.4 is 10.6 Å². The molecule has 0 aromatic heterocycles. The van der Waals surface area contributed by atoms with E-state index in [1.165, 1.54) is 50.3 Å². The third kappa shape index (κ3) is 2.97. The summed E-state index contributed by atoms with van der Waals surface area (Å²) in [5.41, 5.74) is 0.478. The van der Waals surface area contributed by atoms with E-state index in [0.29, 0.717) is 33.7 Å². The standard InChI is InChI=1S/C17H20ClN3O2S/c18-14-2-1-13(21(22)23)8-15(14)19-17(24)20-16-11-4-9-3-10(6-11)7-12(16)5-9/h1-2,8-12,16H,3-7H2,(H2,19,20,24). The van der Waals surface area contributed by atoms with Crippen LogP contribution >= 0.6 is 23.8 Å². The minimum Gasteiger partial charge on any atom is -0.359 e. The number of non-ortho nitro benzene ring substituents is 1. The van der Waals surface area contributed by atoms with E-state index < -0.39 is 4.92 Å². The van der Waals surface area contributed by atoms with E-state index in [0.717, 1.165) is 11.8 Å². The molecule has 128 valence electrons. The Hall–Kier alpha value is -1.40. The Balaban J connectivity index is 1.44. The monoisotopic (exact) mass is 365 g/mol. The van der Waals surface area contributed by atoms with Crippen LogP contribution in [0.25, 0.3) is 0 Å². The van der Waals surface area contributed by atoms with Crippen LogP contribution in [0.1, 0.15) is 32.1 Å². The van der Waals surface area contributed by atoms with Crippen LogP contribution in [-0.2, 0) is 0 Å². The van der Waals surface area contributed by atoms with Gasteiger partial charge in [0.2, 0.25) is 0 Å². The zero-order valence-electron chi connectivity index (χ0n) is 13.2. The highest BCUT2D eigenvalue weighted by atomic mass is 35.5. The molecule has 4 aliphatic rings. The lowest BCUT2D eigenvalue weighted by Gasteiger charge is -2.54. The molecule has 1 aromatic rings. The average Bonchev–Trinajstić information content (AvgIpc) is 2.52. The van der Waals surface area contributed by atoms with Crippen molar-refractivity contribution < 1.29 is 4.92 Å². The van der Waals surface area contributed by atoms with Crippen molar-refractivity contribution in [3.63, 3.8) is 0 Å². The van der Waals surface area contributed by atoms with E-state index >= 15 is 0 Å². The molecule has 7 heteroatoms. The highest BCUT2D eigenvalue weighted by molar-refractivity contribution is 7.80. The number of nitrogens with zero attached hydrogens (tertiary/aromatic N) is 1. The maximum absolute atomic E-state index is 10.9. The van der Waals surface area contributed by atoms with Gasteiger partial charge in [-0.15, -0.1) is 0 Å². The summed E-state index contributed by atoms with van der Waals surface area (Å²) in [5, 5.41) is 18.4. The van der Waals surface area contributed by atoms with Gasteiger partial charge in [0.25, 0.3) is 5.69 Å². The van der Waals surface area contributed by atoms with E-state index in [2.05, 4.69) is 10.6 Å². The van der Waals surface area contributed by atoms with Crippen LogP contribution in [-0.4, -0.2) is 16.1 Å². The lowest BCUT2D eigenvalue weighted by atomic mass is 9.54. The summed E-state index contributed by atoms with van der Waals surface area (Å²) in [7, 11) is 0. The Morgan fingerprint density at radius 1 is 1.17 bits per heavy atom. The second-order valence-corrected chi connectivity index (χ2v) is 8.29. The molecule has 0 unspecified atom stereocenters. The van der Waals surface area contributed by atoms with Crippen LogP contribution in [0.4, 0.5) is 11.4 Å². The van der Waals surface area contributed by atoms with Crippen molar-refractivity contribution in [1.82, 2.24) is 5.32 Å². The molecule has 0 amide bonds. The van der Waals surface area contributed by atoms with Crippen molar-refractivity contribution in [1.29, 1.82) is 0 Å². The summed E-state index contributed by atoms with van der Waals surface area (Å²) in [6.45, 7) is 0. The maximum Gasteiger partial charge on any atom is 0.271 e. The highest BCUT2D eigenvalue weighted by Crippen LogP contribution is 2.53. The van der Waals surface area contributed by atoms with Gasteiger partial charge in [0.15, 0.2) is 5.11 Å². The first-order chi connectivity index (χ1) is 11.5. The second kappa shape index (κ2) is 6.15. The molecule has 24 heavy (non-hydrogen) atoms. The van der Waals surface area contributed by atoms with Gasteiger partial charge in [0, 0.05) is 18.2 Å². The Kier molecular flexibility index (Phi) is 4.12. The number of nitro groups is 1. The van der Waals surface area contributed by atoms with Gasteiger partial charge in [0.05, 0.1) is 15.6 Å². The number of rotatable bonds is 3. The van der Waals surface area contributed by atoms with Gasteiger partial charge in [-0.1, -0.05) is 11.6 Å². The van der Waals surface area contributed by atoms with Crippen molar-refractivity contribution in [2.75, 3.05) is 5.32 Å². The SMILES string of the molecule is O=[N+]([O-])c1ccc(Cl)c(NC(=S)NC2C3CC4CC(C3)CC2C4)c1. The van der Waals surface area contributed by atoms with Crippen LogP contribution in [0.5, 0.6) is 0 Å². The first-order valence-electron chi connectivity index (χ1n) is 8.51. The molecule has 0 heterocycles. The molecule has 2 N–H and O–H groups in total. The number of nitro benzene ring substituents is 1. The molecule has 1 aromatic carbocycles. The number of benzene rings is 1. The predicted octanol–water partition coefficient (Wildman–Crippen LogP) is 4.36. The molecular formula is C17H20ClN3O2S. The van der Waals surface area contributed by atoms with E-state index in [1.54, 1.807) is 0 Å². The number of thiocarbonyl (C=S) groups is 1. The largest absolute Gasteiger partial charge is 0.359 e. The van der Waals surface area contributed by atoms with Gasteiger partial charge in [-0.05, 0) is 74.1 Å². The lowest BCUT2D eigenvalue weighted by Crippen LogP contribution is -2.56. The molecule has 0 saturated heterocycles. The van der Waals surface area contributed by atoms with Gasteiger partial charge >= 0.3 is 0 Å². The number of nitrogens with one attached hydrogen (secondary N) is 2. The number of hydrogen-bond donors (Lipinski definition) is 2. The van der Waals surface area contributed by atoms with E-state index in [1.807, 2.05) is 0 Å². The Morgan fingerprint density at radius 2 is 1.79 bits per heavy atom. The summed E-state index contributed by atoms with van der Waals surface area (Å²) in [5.74, 6) is 3.25. The molecule has 0 aliphatic heterocycles. The molecule has 5 nitrogen and oxygen atoms in total. The van der Waals surface area contributed by atoms with Gasteiger partial charge in [0.1, 0.15) is 0 Å². The van der Waals surface area contributed by atoms with E-state index in [4.69, 9.17) is 23.8 Å². The fourth-order valence-electron chi connectivity index (χ4n) is 5.19.